The summed E-state index contributed by atoms with van der Waals surface area (Å²) in [4.78, 5) is 21.8. The summed E-state index contributed by atoms with van der Waals surface area (Å²) in [6.45, 7) is 3.53. The number of rotatable bonds is 5. The highest BCUT2D eigenvalue weighted by Gasteiger charge is 2.13. The van der Waals surface area contributed by atoms with Crippen molar-refractivity contribution in [2.24, 2.45) is 5.73 Å². The summed E-state index contributed by atoms with van der Waals surface area (Å²) in [5, 5.41) is 0. The number of carbonyl (C=O) groups is 2. The average molecular weight is 187 g/mol. The Hall–Kier alpha value is -0.900. The van der Waals surface area contributed by atoms with Gasteiger partial charge in [0, 0.05) is 6.42 Å². The lowest BCUT2D eigenvalue weighted by molar-refractivity contribution is -0.160. The minimum atomic E-state index is -0.727. The third-order valence-corrected chi connectivity index (χ3v) is 1.57. The highest BCUT2D eigenvalue weighted by molar-refractivity contribution is 5.87. The predicted octanol–water partition coefficient (Wildman–Crippen LogP) is 0.984. The van der Waals surface area contributed by atoms with Gasteiger partial charge in [-0.2, -0.15) is 0 Å². The Morgan fingerprint density at radius 2 is 2.00 bits per heavy atom. The molecule has 0 radical (unpaired) electrons. The molecule has 0 amide bonds. The van der Waals surface area contributed by atoms with Crippen molar-refractivity contribution in [1.82, 2.24) is 0 Å². The van der Waals surface area contributed by atoms with Crippen LogP contribution in [0.3, 0.4) is 0 Å². The molecular formula is C9H17NO3. The van der Waals surface area contributed by atoms with E-state index in [2.05, 4.69) is 4.74 Å². The molecule has 0 aromatic rings. The summed E-state index contributed by atoms with van der Waals surface area (Å²) in [7, 11) is 0. The number of unbranched alkanes of at least 4 members (excludes halogenated alkanes) is 2. The van der Waals surface area contributed by atoms with Crippen LogP contribution >= 0.6 is 0 Å². The van der Waals surface area contributed by atoms with E-state index in [0.29, 0.717) is 6.42 Å². The zero-order chi connectivity index (χ0) is 10.3. The number of nitrogens with two attached hydrogens (primary N) is 1. The molecule has 0 saturated heterocycles. The molecule has 0 aromatic heterocycles. The Morgan fingerprint density at radius 3 is 2.46 bits per heavy atom. The van der Waals surface area contributed by atoms with Gasteiger partial charge in [-0.05, 0) is 13.3 Å². The van der Waals surface area contributed by atoms with E-state index >= 15 is 0 Å². The van der Waals surface area contributed by atoms with Crippen molar-refractivity contribution < 1.29 is 14.3 Å². The van der Waals surface area contributed by atoms with Crippen molar-refractivity contribution in [1.29, 1.82) is 0 Å². The van der Waals surface area contributed by atoms with E-state index in [1.165, 1.54) is 6.92 Å². The van der Waals surface area contributed by atoms with Gasteiger partial charge in [-0.1, -0.05) is 19.8 Å². The molecule has 0 rings (SSSR count). The van der Waals surface area contributed by atoms with Gasteiger partial charge in [-0.3, -0.25) is 4.79 Å². The summed E-state index contributed by atoms with van der Waals surface area (Å²) >= 11 is 0. The molecule has 0 heterocycles. The van der Waals surface area contributed by atoms with Crippen LogP contribution in [0.25, 0.3) is 0 Å². The van der Waals surface area contributed by atoms with Crippen LogP contribution in [0.2, 0.25) is 0 Å². The lowest BCUT2D eigenvalue weighted by Crippen LogP contribution is -2.30. The smallest absolute Gasteiger partial charge is 0.330 e. The van der Waals surface area contributed by atoms with E-state index < -0.39 is 18.0 Å². The molecule has 0 saturated carbocycles. The fourth-order valence-electron chi connectivity index (χ4n) is 0.776. The van der Waals surface area contributed by atoms with Crippen molar-refractivity contribution >= 4 is 11.9 Å². The lowest BCUT2D eigenvalue weighted by atomic mass is 10.2. The fraction of sp³-hybridized carbons (Fsp3) is 0.778. The van der Waals surface area contributed by atoms with Crippen LogP contribution in [0.15, 0.2) is 0 Å². The third kappa shape index (κ3) is 6.28. The fourth-order valence-corrected chi connectivity index (χ4v) is 0.776. The molecule has 4 heteroatoms. The van der Waals surface area contributed by atoms with Crippen molar-refractivity contribution in [2.45, 2.75) is 45.6 Å². The van der Waals surface area contributed by atoms with Gasteiger partial charge in [0.05, 0.1) is 0 Å². The van der Waals surface area contributed by atoms with E-state index in [1.54, 1.807) is 0 Å². The SMILES string of the molecule is CCCCCC(=O)OC(=O)[C@H](C)N. The van der Waals surface area contributed by atoms with Crippen LogP contribution in [0.1, 0.15) is 39.5 Å². The number of hydrogen-bond acceptors (Lipinski definition) is 4. The van der Waals surface area contributed by atoms with Gasteiger partial charge < -0.3 is 10.5 Å². The van der Waals surface area contributed by atoms with Crippen molar-refractivity contribution in [3.8, 4) is 0 Å². The van der Waals surface area contributed by atoms with E-state index in [0.717, 1.165) is 19.3 Å². The largest absolute Gasteiger partial charge is 0.392 e. The second kappa shape index (κ2) is 6.60. The van der Waals surface area contributed by atoms with Crippen LogP contribution in [0.5, 0.6) is 0 Å². The van der Waals surface area contributed by atoms with Gasteiger partial charge in [-0.25, -0.2) is 4.79 Å². The maximum absolute atomic E-state index is 10.9. The number of esters is 2. The molecule has 0 unspecified atom stereocenters. The molecule has 0 aromatic carbocycles. The van der Waals surface area contributed by atoms with Gasteiger partial charge in [0.25, 0.3) is 0 Å². The summed E-state index contributed by atoms with van der Waals surface area (Å²) in [6.07, 6.45) is 3.07. The molecule has 0 spiro atoms. The topological polar surface area (TPSA) is 69.4 Å². The third-order valence-electron chi connectivity index (χ3n) is 1.57. The maximum atomic E-state index is 10.9. The molecular weight excluding hydrogens is 170 g/mol. The van der Waals surface area contributed by atoms with Crippen molar-refractivity contribution in [2.75, 3.05) is 0 Å². The van der Waals surface area contributed by atoms with E-state index in [1.807, 2.05) is 6.92 Å². The van der Waals surface area contributed by atoms with Gasteiger partial charge in [0.15, 0.2) is 0 Å². The molecule has 0 bridgehead atoms. The summed E-state index contributed by atoms with van der Waals surface area (Å²) in [6, 6.07) is -0.727. The van der Waals surface area contributed by atoms with E-state index in [4.69, 9.17) is 5.73 Å². The van der Waals surface area contributed by atoms with Crippen LogP contribution in [-0.2, 0) is 14.3 Å². The normalized spacial score (nSPS) is 12.2. The second-order valence-electron chi connectivity index (χ2n) is 3.04. The summed E-state index contributed by atoms with van der Waals surface area (Å²) in [5.41, 5.74) is 5.21. The summed E-state index contributed by atoms with van der Waals surface area (Å²) < 4.78 is 4.46. The Labute approximate surface area is 78.4 Å². The highest BCUT2D eigenvalue weighted by Crippen LogP contribution is 2.00. The lowest BCUT2D eigenvalue weighted by Gasteiger charge is -2.04. The number of carbonyl (C=O) groups excluding carboxylic acids is 2. The van der Waals surface area contributed by atoms with E-state index in [9.17, 15) is 9.59 Å². The first-order valence-corrected chi connectivity index (χ1v) is 4.58. The van der Waals surface area contributed by atoms with Crippen molar-refractivity contribution in [3.63, 3.8) is 0 Å². The zero-order valence-electron chi connectivity index (χ0n) is 8.21. The molecule has 0 aliphatic carbocycles. The average Bonchev–Trinajstić information content (AvgIpc) is 2.04. The first kappa shape index (κ1) is 12.1. The molecule has 13 heavy (non-hydrogen) atoms. The Morgan fingerprint density at radius 1 is 1.38 bits per heavy atom. The highest BCUT2D eigenvalue weighted by atomic mass is 16.6. The first-order chi connectivity index (χ1) is 6.07. The maximum Gasteiger partial charge on any atom is 0.330 e. The Bertz CT molecular complexity index is 178. The second-order valence-corrected chi connectivity index (χ2v) is 3.04. The Kier molecular flexibility index (Phi) is 6.14. The minimum absolute atomic E-state index is 0.298. The molecule has 76 valence electrons. The van der Waals surface area contributed by atoms with Gasteiger partial charge in [0.2, 0.25) is 0 Å². The monoisotopic (exact) mass is 187 g/mol. The molecule has 0 fully saturated rings. The molecule has 2 N–H and O–H groups in total. The molecule has 0 aliphatic rings. The molecule has 1 atom stereocenters. The van der Waals surface area contributed by atoms with Gasteiger partial charge in [0.1, 0.15) is 6.04 Å². The van der Waals surface area contributed by atoms with Crippen LogP contribution in [-0.4, -0.2) is 18.0 Å². The van der Waals surface area contributed by atoms with E-state index in [-0.39, 0.29) is 0 Å². The van der Waals surface area contributed by atoms with Crippen molar-refractivity contribution in [3.05, 3.63) is 0 Å². The summed E-state index contributed by atoms with van der Waals surface area (Å²) in [5.74, 6) is -1.13. The number of hydrogen-bond donors (Lipinski definition) is 1. The Balaban J connectivity index is 3.56. The van der Waals surface area contributed by atoms with Gasteiger partial charge >= 0.3 is 11.9 Å². The van der Waals surface area contributed by atoms with Crippen LogP contribution in [0, 0.1) is 0 Å². The minimum Gasteiger partial charge on any atom is -0.392 e. The molecule has 0 aliphatic heterocycles. The molecule has 4 nitrogen and oxygen atoms in total. The van der Waals surface area contributed by atoms with Crippen LogP contribution < -0.4 is 5.73 Å². The standard InChI is InChI=1S/C9H17NO3/c1-3-4-5-6-8(11)13-9(12)7(2)10/h7H,3-6,10H2,1-2H3/t7-/m0/s1. The van der Waals surface area contributed by atoms with Crippen LogP contribution in [0.4, 0.5) is 0 Å². The van der Waals surface area contributed by atoms with Gasteiger partial charge in [-0.15, -0.1) is 0 Å². The zero-order valence-corrected chi connectivity index (χ0v) is 8.21. The quantitative estimate of drug-likeness (QED) is 0.396. The number of ether oxygens (including phenoxy) is 1. The predicted molar refractivity (Wildman–Crippen MR) is 48.9 cm³/mol. The first-order valence-electron chi connectivity index (χ1n) is 4.58.